The summed E-state index contributed by atoms with van der Waals surface area (Å²) >= 11 is 0. The van der Waals surface area contributed by atoms with Gasteiger partial charge in [-0.25, -0.2) is 4.98 Å². The van der Waals surface area contributed by atoms with E-state index in [9.17, 15) is 0 Å². The lowest BCUT2D eigenvalue weighted by molar-refractivity contribution is 0.576. The maximum absolute atomic E-state index is 4.74. The Morgan fingerprint density at radius 3 is 2.79 bits per heavy atom. The van der Waals surface area contributed by atoms with Gasteiger partial charge in [0.2, 0.25) is 0 Å². The third kappa shape index (κ3) is 1.74. The number of aromatic nitrogens is 2. The molecule has 0 amide bonds. The molecule has 3 heteroatoms. The highest BCUT2D eigenvalue weighted by Gasteiger charge is 2.23. The summed E-state index contributed by atoms with van der Waals surface area (Å²) in [5.74, 6) is 1.37. The first-order chi connectivity index (χ1) is 9.42. The predicted octanol–water partition coefficient (Wildman–Crippen LogP) is 2.80. The molecule has 1 aliphatic heterocycles. The molecule has 2 N–H and O–H groups in total. The molecule has 0 spiro atoms. The van der Waals surface area contributed by atoms with Crippen LogP contribution in [0.15, 0.2) is 48.5 Å². The van der Waals surface area contributed by atoms with Crippen molar-refractivity contribution in [3.05, 3.63) is 65.5 Å². The minimum Gasteiger partial charge on any atom is -0.341 e. The number of H-pyrrole nitrogens is 1. The molecule has 19 heavy (non-hydrogen) atoms. The minimum absolute atomic E-state index is 0.317. The van der Waals surface area contributed by atoms with E-state index in [0.717, 1.165) is 29.9 Å². The maximum atomic E-state index is 4.74. The fourth-order valence-electron chi connectivity index (χ4n) is 2.88. The minimum atomic E-state index is 0.317. The van der Waals surface area contributed by atoms with Crippen molar-refractivity contribution in [3.8, 4) is 0 Å². The van der Waals surface area contributed by atoms with E-state index in [1.807, 2.05) is 12.1 Å². The molecule has 2 aromatic carbocycles. The molecule has 3 aromatic rings. The van der Waals surface area contributed by atoms with E-state index in [-0.39, 0.29) is 0 Å². The van der Waals surface area contributed by atoms with Crippen LogP contribution in [0, 0.1) is 0 Å². The Hall–Kier alpha value is -2.13. The van der Waals surface area contributed by atoms with Crippen molar-refractivity contribution in [3.63, 3.8) is 0 Å². The molecule has 0 bridgehead atoms. The van der Waals surface area contributed by atoms with Crippen LogP contribution in [0.1, 0.15) is 22.9 Å². The number of hydrogen-bond donors (Lipinski definition) is 2. The first-order valence-electron chi connectivity index (χ1n) is 6.65. The first kappa shape index (κ1) is 10.8. The summed E-state index contributed by atoms with van der Waals surface area (Å²) in [5, 5.41) is 3.47. The third-order valence-corrected chi connectivity index (χ3v) is 3.83. The quantitative estimate of drug-likeness (QED) is 0.696. The molecule has 1 unspecified atom stereocenters. The average molecular weight is 249 g/mol. The van der Waals surface area contributed by atoms with Crippen molar-refractivity contribution in [1.29, 1.82) is 0 Å². The monoisotopic (exact) mass is 249 g/mol. The number of imidazole rings is 1. The van der Waals surface area contributed by atoms with Crippen LogP contribution < -0.4 is 5.32 Å². The van der Waals surface area contributed by atoms with Crippen LogP contribution in [0.25, 0.3) is 11.0 Å². The highest BCUT2D eigenvalue weighted by atomic mass is 15.0. The van der Waals surface area contributed by atoms with Crippen LogP contribution in [0.4, 0.5) is 0 Å². The number of hydrogen-bond acceptors (Lipinski definition) is 2. The van der Waals surface area contributed by atoms with Gasteiger partial charge in [-0.2, -0.15) is 0 Å². The molecule has 0 aliphatic carbocycles. The number of para-hydroxylation sites is 2. The van der Waals surface area contributed by atoms with Crippen LogP contribution in [0.5, 0.6) is 0 Å². The zero-order valence-corrected chi connectivity index (χ0v) is 10.6. The normalized spacial score (nSPS) is 18.4. The zero-order chi connectivity index (χ0) is 12.7. The summed E-state index contributed by atoms with van der Waals surface area (Å²) in [6, 6.07) is 16.8. The SMILES string of the molecule is c1ccc2c(c1)CNCC2c1nc2ccccc2[nH]1. The van der Waals surface area contributed by atoms with Gasteiger partial charge in [0, 0.05) is 13.1 Å². The summed E-state index contributed by atoms with van der Waals surface area (Å²) in [6.45, 7) is 1.89. The standard InChI is InChI=1S/C16H15N3/c1-2-6-12-11(5-1)9-17-10-13(12)16-18-14-7-3-4-8-15(14)19-16/h1-8,13,17H,9-10H2,(H,18,19). The lowest BCUT2D eigenvalue weighted by atomic mass is 9.90. The number of fused-ring (bicyclic) bond motifs is 2. The highest BCUT2D eigenvalue weighted by molar-refractivity contribution is 5.75. The Morgan fingerprint density at radius 1 is 1.00 bits per heavy atom. The van der Waals surface area contributed by atoms with Gasteiger partial charge in [-0.3, -0.25) is 0 Å². The van der Waals surface area contributed by atoms with E-state index in [1.165, 1.54) is 11.1 Å². The predicted molar refractivity (Wildman–Crippen MR) is 76.1 cm³/mol. The number of nitrogens with one attached hydrogen (secondary N) is 2. The van der Waals surface area contributed by atoms with Crippen LogP contribution in [-0.4, -0.2) is 16.5 Å². The van der Waals surface area contributed by atoms with Crippen molar-refractivity contribution in [2.24, 2.45) is 0 Å². The van der Waals surface area contributed by atoms with Crippen molar-refractivity contribution in [2.45, 2.75) is 12.5 Å². The molecule has 0 radical (unpaired) electrons. The van der Waals surface area contributed by atoms with Crippen LogP contribution in [0.2, 0.25) is 0 Å². The topological polar surface area (TPSA) is 40.7 Å². The van der Waals surface area contributed by atoms with Crippen molar-refractivity contribution >= 4 is 11.0 Å². The van der Waals surface area contributed by atoms with Gasteiger partial charge in [-0.05, 0) is 23.3 Å². The van der Waals surface area contributed by atoms with E-state index < -0.39 is 0 Å². The van der Waals surface area contributed by atoms with E-state index >= 15 is 0 Å². The largest absolute Gasteiger partial charge is 0.341 e. The second kappa shape index (κ2) is 4.21. The van der Waals surface area contributed by atoms with Crippen LogP contribution >= 0.6 is 0 Å². The van der Waals surface area contributed by atoms with Gasteiger partial charge >= 0.3 is 0 Å². The molecule has 94 valence electrons. The molecule has 0 fully saturated rings. The maximum Gasteiger partial charge on any atom is 0.116 e. The molecule has 4 rings (SSSR count). The van der Waals surface area contributed by atoms with Crippen molar-refractivity contribution in [2.75, 3.05) is 6.54 Å². The second-order valence-corrected chi connectivity index (χ2v) is 5.02. The Morgan fingerprint density at radius 2 is 1.84 bits per heavy atom. The van der Waals surface area contributed by atoms with Gasteiger partial charge in [0.15, 0.2) is 0 Å². The fourth-order valence-corrected chi connectivity index (χ4v) is 2.88. The molecule has 1 atom stereocenters. The third-order valence-electron chi connectivity index (χ3n) is 3.83. The number of aromatic amines is 1. The average Bonchev–Trinajstić information content (AvgIpc) is 2.90. The molecular formula is C16H15N3. The molecule has 1 aliphatic rings. The second-order valence-electron chi connectivity index (χ2n) is 5.02. The molecular weight excluding hydrogens is 234 g/mol. The molecule has 2 heterocycles. The van der Waals surface area contributed by atoms with E-state index in [1.54, 1.807) is 0 Å². The van der Waals surface area contributed by atoms with Gasteiger partial charge < -0.3 is 10.3 Å². The Balaban J connectivity index is 1.85. The van der Waals surface area contributed by atoms with Gasteiger partial charge in [0.1, 0.15) is 5.82 Å². The Labute approximate surface area is 111 Å². The van der Waals surface area contributed by atoms with Crippen LogP contribution in [-0.2, 0) is 6.54 Å². The van der Waals surface area contributed by atoms with Gasteiger partial charge in [0.25, 0.3) is 0 Å². The van der Waals surface area contributed by atoms with Gasteiger partial charge in [-0.15, -0.1) is 0 Å². The van der Waals surface area contributed by atoms with E-state index in [0.29, 0.717) is 5.92 Å². The fraction of sp³-hybridized carbons (Fsp3) is 0.188. The lowest BCUT2D eigenvalue weighted by Crippen LogP contribution is -2.29. The van der Waals surface area contributed by atoms with E-state index in [2.05, 4.69) is 46.7 Å². The summed E-state index contributed by atoms with van der Waals surface area (Å²) in [7, 11) is 0. The first-order valence-corrected chi connectivity index (χ1v) is 6.65. The lowest BCUT2D eigenvalue weighted by Gasteiger charge is -2.24. The summed E-state index contributed by atoms with van der Waals surface area (Å²) in [6.07, 6.45) is 0. The zero-order valence-electron chi connectivity index (χ0n) is 10.6. The van der Waals surface area contributed by atoms with Gasteiger partial charge in [0.05, 0.1) is 17.0 Å². The number of rotatable bonds is 1. The molecule has 0 saturated carbocycles. The van der Waals surface area contributed by atoms with Crippen LogP contribution in [0.3, 0.4) is 0 Å². The Kier molecular flexibility index (Phi) is 2.38. The smallest absolute Gasteiger partial charge is 0.116 e. The summed E-state index contributed by atoms with van der Waals surface area (Å²) in [4.78, 5) is 8.19. The Bertz CT molecular complexity index is 696. The van der Waals surface area contributed by atoms with Crippen molar-refractivity contribution in [1.82, 2.24) is 15.3 Å². The highest BCUT2D eigenvalue weighted by Crippen LogP contribution is 2.29. The van der Waals surface area contributed by atoms with E-state index in [4.69, 9.17) is 4.98 Å². The van der Waals surface area contributed by atoms with Gasteiger partial charge in [-0.1, -0.05) is 36.4 Å². The summed E-state index contributed by atoms with van der Waals surface area (Å²) in [5.41, 5.74) is 4.92. The molecule has 0 saturated heterocycles. The van der Waals surface area contributed by atoms with Crippen molar-refractivity contribution < 1.29 is 0 Å². The number of nitrogens with zero attached hydrogens (tertiary/aromatic N) is 1. The number of benzene rings is 2. The molecule has 1 aromatic heterocycles. The molecule has 3 nitrogen and oxygen atoms in total. The summed E-state index contributed by atoms with van der Waals surface area (Å²) < 4.78 is 0.